The second-order valence-corrected chi connectivity index (χ2v) is 7.51. The van der Waals surface area contributed by atoms with Crippen LogP contribution >= 0.6 is 23.2 Å². The Balaban J connectivity index is 1.78. The molecule has 4 nitrogen and oxygen atoms in total. The lowest BCUT2D eigenvalue weighted by Gasteiger charge is -2.44. The van der Waals surface area contributed by atoms with Crippen molar-refractivity contribution in [1.29, 1.82) is 0 Å². The van der Waals surface area contributed by atoms with Gasteiger partial charge < -0.3 is 9.64 Å². The summed E-state index contributed by atoms with van der Waals surface area (Å²) < 4.78 is 5.16. The van der Waals surface area contributed by atoms with Crippen LogP contribution in [0.4, 0.5) is 0 Å². The molecule has 0 N–H and O–H groups in total. The lowest BCUT2D eigenvalue weighted by molar-refractivity contribution is -0.148. The van der Waals surface area contributed by atoms with Gasteiger partial charge in [-0.05, 0) is 49.9 Å². The first-order chi connectivity index (χ1) is 11.6. The van der Waals surface area contributed by atoms with Crippen LogP contribution in [-0.2, 0) is 16.1 Å². The Morgan fingerprint density at radius 1 is 1.17 bits per heavy atom. The molecule has 1 spiro atoms. The third-order valence-corrected chi connectivity index (χ3v) is 5.99. The number of carbonyl (C=O) groups excluding carboxylic acids is 1. The summed E-state index contributed by atoms with van der Waals surface area (Å²) in [5.41, 5.74) is 0.755. The summed E-state index contributed by atoms with van der Waals surface area (Å²) in [6.07, 6.45) is 3.99. The van der Waals surface area contributed by atoms with Gasteiger partial charge in [0, 0.05) is 26.7 Å². The van der Waals surface area contributed by atoms with Crippen molar-refractivity contribution < 1.29 is 9.53 Å². The molecule has 3 rings (SSSR count). The molecule has 0 aliphatic carbocycles. The highest BCUT2D eigenvalue weighted by atomic mass is 35.5. The summed E-state index contributed by atoms with van der Waals surface area (Å²) in [7, 11) is 1.68. The summed E-state index contributed by atoms with van der Waals surface area (Å²) in [6, 6.07) is 5.73. The maximum atomic E-state index is 13.2. The molecule has 132 valence electrons. The normalized spacial score (nSPS) is 25.0. The SMILES string of the molecule is COCCN1CCCC2(CCCN2Cc2ccc(Cl)c(Cl)c2)C1=O. The number of piperidine rings is 1. The number of amides is 1. The van der Waals surface area contributed by atoms with Gasteiger partial charge >= 0.3 is 0 Å². The van der Waals surface area contributed by atoms with Gasteiger partial charge in [-0.25, -0.2) is 0 Å². The third-order valence-electron chi connectivity index (χ3n) is 5.25. The molecule has 0 bridgehead atoms. The zero-order valence-corrected chi connectivity index (χ0v) is 15.6. The van der Waals surface area contributed by atoms with Gasteiger partial charge in [-0.15, -0.1) is 0 Å². The second-order valence-electron chi connectivity index (χ2n) is 6.69. The van der Waals surface area contributed by atoms with Gasteiger partial charge in [-0.3, -0.25) is 9.69 Å². The fourth-order valence-electron chi connectivity index (χ4n) is 4.03. The van der Waals surface area contributed by atoms with Crippen molar-refractivity contribution in [1.82, 2.24) is 9.80 Å². The van der Waals surface area contributed by atoms with Gasteiger partial charge in [0.25, 0.3) is 0 Å². The Morgan fingerprint density at radius 3 is 2.62 bits per heavy atom. The highest BCUT2D eigenvalue weighted by Gasteiger charge is 2.50. The average Bonchev–Trinajstić information content (AvgIpc) is 2.96. The Labute approximate surface area is 153 Å². The fourth-order valence-corrected chi connectivity index (χ4v) is 4.35. The minimum absolute atomic E-state index is 0.267. The molecule has 6 heteroatoms. The number of halogens is 2. The summed E-state index contributed by atoms with van der Waals surface area (Å²) >= 11 is 12.2. The van der Waals surface area contributed by atoms with Crippen molar-refractivity contribution in [2.45, 2.75) is 37.8 Å². The first-order valence-corrected chi connectivity index (χ1v) is 9.30. The monoisotopic (exact) mass is 370 g/mol. The lowest BCUT2D eigenvalue weighted by Crippen LogP contribution is -2.60. The average molecular weight is 371 g/mol. The Hall–Kier alpha value is -0.810. The van der Waals surface area contributed by atoms with Gasteiger partial charge in [0.1, 0.15) is 5.54 Å². The molecule has 2 aliphatic rings. The number of likely N-dealkylation sites (tertiary alicyclic amines) is 2. The highest BCUT2D eigenvalue weighted by molar-refractivity contribution is 6.42. The molecule has 1 aromatic rings. The minimum atomic E-state index is -0.349. The van der Waals surface area contributed by atoms with Crippen LogP contribution in [0.5, 0.6) is 0 Å². The molecular formula is C18H24Cl2N2O2. The van der Waals surface area contributed by atoms with E-state index in [1.54, 1.807) is 7.11 Å². The highest BCUT2D eigenvalue weighted by Crippen LogP contribution is 2.39. The van der Waals surface area contributed by atoms with Gasteiger partial charge in [0.2, 0.25) is 5.91 Å². The fraction of sp³-hybridized carbons (Fsp3) is 0.611. The predicted molar refractivity (Wildman–Crippen MR) is 96.5 cm³/mol. The summed E-state index contributed by atoms with van der Waals surface area (Å²) in [5, 5.41) is 1.13. The summed E-state index contributed by atoms with van der Waals surface area (Å²) in [6.45, 7) is 3.79. The molecule has 1 amide bonds. The van der Waals surface area contributed by atoms with Crippen LogP contribution in [0.3, 0.4) is 0 Å². The number of methoxy groups -OCH3 is 1. The third kappa shape index (κ3) is 3.43. The molecule has 2 heterocycles. The first-order valence-electron chi connectivity index (χ1n) is 8.54. The summed E-state index contributed by atoms with van der Waals surface area (Å²) in [4.78, 5) is 17.5. The van der Waals surface area contributed by atoms with Crippen LogP contribution in [0, 0.1) is 0 Å². The molecule has 1 unspecified atom stereocenters. The Bertz CT molecular complexity index is 611. The van der Waals surface area contributed by atoms with E-state index in [-0.39, 0.29) is 11.4 Å². The van der Waals surface area contributed by atoms with Crippen molar-refractivity contribution in [2.24, 2.45) is 0 Å². The number of carbonyl (C=O) groups is 1. The van der Waals surface area contributed by atoms with E-state index in [9.17, 15) is 4.79 Å². The van der Waals surface area contributed by atoms with E-state index in [4.69, 9.17) is 27.9 Å². The van der Waals surface area contributed by atoms with E-state index in [1.165, 1.54) is 0 Å². The number of nitrogens with zero attached hydrogens (tertiary/aromatic N) is 2. The molecule has 0 aromatic heterocycles. The van der Waals surface area contributed by atoms with Crippen molar-refractivity contribution in [2.75, 3.05) is 33.4 Å². The molecule has 2 saturated heterocycles. The van der Waals surface area contributed by atoms with E-state index in [0.29, 0.717) is 23.2 Å². The second kappa shape index (κ2) is 7.61. The van der Waals surface area contributed by atoms with Crippen LogP contribution in [0.1, 0.15) is 31.2 Å². The Kier molecular flexibility index (Phi) is 5.70. The standard InChI is InChI=1S/C18H24Cl2N2O2/c1-24-11-10-21-8-2-6-18(17(21)23)7-3-9-22(18)13-14-4-5-15(19)16(20)12-14/h4-5,12H,2-3,6-11,13H2,1H3. The van der Waals surface area contributed by atoms with E-state index >= 15 is 0 Å². The van der Waals surface area contributed by atoms with Gasteiger partial charge in [-0.1, -0.05) is 29.3 Å². The predicted octanol–water partition coefficient (Wildman–Crippen LogP) is 3.60. The zero-order chi connectivity index (χ0) is 17.2. The van der Waals surface area contributed by atoms with Crippen molar-refractivity contribution in [3.63, 3.8) is 0 Å². The molecule has 0 radical (unpaired) electrons. The minimum Gasteiger partial charge on any atom is -0.383 e. The zero-order valence-electron chi connectivity index (χ0n) is 14.1. The van der Waals surface area contributed by atoms with Gasteiger partial charge in [-0.2, -0.15) is 0 Å². The Morgan fingerprint density at radius 2 is 1.92 bits per heavy atom. The van der Waals surface area contributed by atoms with Crippen LogP contribution < -0.4 is 0 Å². The molecule has 2 fully saturated rings. The van der Waals surface area contributed by atoms with Crippen LogP contribution in [-0.4, -0.2) is 54.6 Å². The topological polar surface area (TPSA) is 32.8 Å². The van der Waals surface area contributed by atoms with E-state index in [0.717, 1.165) is 50.9 Å². The number of benzene rings is 1. The van der Waals surface area contributed by atoms with Crippen molar-refractivity contribution >= 4 is 29.1 Å². The van der Waals surface area contributed by atoms with Crippen LogP contribution in [0.25, 0.3) is 0 Å². The molecule has 0 saturated carbocycles. The molecule has 1 aromatic carbocycles. The van der Waals surface area contributed by atoms with Crippen molar-refractivity contribution in [3.8, 4) is 0 Å². The molecule has 24 heavy (non-hydrogen) atoms. The molecular weight excluding hydrogens is 347 g/mol. The smallest absolute Gasteiger partial charge is 0.243 e. The van der Waals surface area contributed by atoms with Crippen LogP contribution in [0.2, 0.25) is 10.0 Å². The number of ether oxygens (including phenoxy) is 1. The lowest BCUT2D eigenvalue weighted by atomic mass is 9.85. The number of hydrogen-bond acceptors (Lipinski definition) is 3. The van der Waals surface area contributed by atoms with E-state index < -0.39 is 0 Å². The maximum absolute atomic E-state index is 13.2. The number of hydrogen-bond donors (Lipinski definition) is 0. The molecule has 2 aliphatic heterocycles. The maximum Gasteiger partial charge on any atom is 0.243 e. The van der Waals surface area contributed by atoms with E-state index in [1.807, 2.05) is 23.1 Å². The first kappa shape index (κ1) is 18.0. The number of rotatable bonds is 5. The quantitative estimate of drug-likeness (QED) is 0.793. The van der Waals surface area contributed by atoms with Crippen molar-refractivity contribution in [3.05, 3.63) is 33.8 Å². The van der Waals surface area contributed by atoms with E-state index in [2.05, 4.69) is 4.90 Å². The van der Waals surface area contributed by atoms with Gasteiger partial charge in [0.15, 0.2) is 0 Å². The summed E-state index contributed by atoms with van der Waals surface area (Å²) in [5.74, 6) is 0.267. The van der Waals surface area contributed by atoms with Gasteiger partial charge in [0.05, 0.1) is 16.7 Å². The van der Waals surface area contributed by atoms with Crippen LogP contribution in [0.15, 0.2) is 18.2 Å². The molecule has 1 atom stereocenters. The largest absolute Gasteiger partial charge is 0.383 e.